The summed E-state index contributed by atoms with van der Waals surface area (Å²) in [5, 5.41) is 4.39. The Morgan fingerprint density at radius 2 is 2.12 bits per heavy atom. The number of H-pyrrole nitrogens is 1. The van der Waals surface area contributed by atoms with E-state index in [1.54, 1.807) is 0 Å². The zero-order valence-electron chi connectivity index (χ0n) is 9.73. The van der Waals surface area contributed by atoms with Crippen molar-refractivity contribution in [2.45, 2.75) is 6.92 Å². The third kappa shape index (κ3) is 1.56. The lowest BCUT2D eigenvalue weighted by Gasteiger charge is -1.90. The molecule has 0 atom stereocenters. The predicted octanol–water partition coefficient (Wildman–Crippen LogP) is 1.85. The molecule has 0 aliphatic carbocycles. The molecule has 0 aliphatic heterocycles. The summed E-state index contributed by atoms with van der Waals surface area (Å²) in [6, 6.07) is 7.62. The van der Waals surface area contributed by atoms with Crippen molar-refractivity contribution in [1.82, 2.24) is 19.7 Å². The van der Waals surface area contributed by atoms with Crippen molar-refractivity contribution in [3.8, 4) is 11.5 Å². The average Bonchev–Trinajstić information content (AvgIpc) is 2.83. The number of aryl methyl sites for hydroxylation is 2. The van der Waals surface area contributed by atoms with E-state index in [-0.39, 0.29) is 0 Å². The first kappa shape index (κ1) is 9.89. The SMILES string of the molecule is Cc1cc(-c2nc3ccc(N)cc3[nH]2)nn1C. The Bertz CT molecular complexity index is 673. The molecule has 2 heterocycles. The van der Waals surface area contributed by atoms with Crippen LogP contribution in [0.25, 0.3) is 22.6 Å². The highest BCUT2D eigenvalue weighted by Gasteiger charge is 2.09. The first-order valence-electron chi connectivity index (χ1n) is 5.40. The molecule has 0 saturated heterocycles. The Labute approximate surface area is 98.3 Å². The van der Waals surface area contributed by atoms with Gasteiger partial charge < -0.3 is 10.7 Å². The summed E-state index contributed by atoms with van der Waals surface area (Å²) in [5.74, 6) is 0.773. The summed E-state index contributed by atoms with van der Waals surface area (Å²) < 4.78 is 1.83. The van der Waals surface area contributed by atoms with Crippen LogP contribution in [0.2, 0.25) is 0 Å². The Morgan fingerprint density at radius 1 is 1.29 bits per heavy atom. The fourth-order valence-corrected chi connectivity index (χ4v) is 1.82. The third-order valence-electron chi connectivity index (χ3n) is 2.86. The molecule has 0 amide bonds. The molecule has 2 aromatic heterocycles. The Morgan fingerprint density at radius 3 is 2.82 bits per heavy atom. The molecule has 3 rings (SSSR count). The van der Waals surface area contributed by atoms with Gasteiger partial charge in [0.2, 0.25) is 0 Å². The molecule has 0 spiro atoms. The highest BCUT2D eigenvalue weighted by atomic mass is 15.3. The summed E-state index contributed by atoms with van der Waals surface area (Å²) in [5.41, 5.74) is 10.2. The third-order valence-corrected chi connectivity index (χ3v) is 2.86. The topological polar surface area (TPSA) is 72.5 Å². The molecular formula is C12H13N5. The van der Waals surface area contributed by atoms with Crippen LogP contribution >= 0.6 is 0 Å². The number of benzene rings is 1. The lowest BCUT2D eigenvalue weighted by Crippen LogP contribution is -1.92. The molecule has 5 nitrogen and oxygen atoms in total. The number of rotatable bonds is 1. The van der Waals surface area contributed by atoms with E-state index < -0.39 is 0 Å². The Kier molecular flexibility index (Phi) is 1.95. The molecule has 86 valence electrons. The highest BCUT2D eigenvalue weighted by molar-refractivity contribution is 5.81. The quantitative estimate of drug-likeness (QED) is 0.623. The van der Waals surface area contributed by atoms with Crippen molar-refractivity contribution in [3.63, 3.8) is 0 Å². The largest absolute Gasteiger partial charge is 0.399 e. The van der Waals surface area contributed by atoms with E-state index in [4.69, 9.17) is 5.73 Å². The molecule has 3 N–H and O–H groups in total. The number of aromatic amines is 1. The standard InChI is InChI=1S/C12H13N5/c1-7-5-11(16-17(7)2)12-14-9-4-3-8(13)6-10(9)15-12/h3-6H,13H2,1-2H3,(H,14,15). The maximum absolute atomic E-state index is 5.73. The van der Waals surface area contributed by atoms with Gasteiger partial charge in [-0.25, -0.2) is 4.98 Å². The van der Waals surface area contributed by atoms with E-state index in [9.17, 15) is 0 Å². The zero-order chi connectivity index (χ0) is 12.0. The molecule has 0 saturated carbocycles. The number of hydrogen-bond acceptors (Lipinski definition) is 3. The highest BCUT2D eigenvalue weighted by Crippen LogP contribution is 2.21. The van der Waals surface area contributed by atoms with Crippen LogP contribution in [0.1, 0.15) is 5.69 Å². The Balaban J connectivity index is 2.17. The monoisotopic (exact) mass is 227 g/mol. The van der Waals surface area contributed by atoms with Crippen LogP contribution in [0, 0.1) is 6.92 Å². The van der Waals surface area contributed by atoms with Crippen LogP contribution in [0.5, 0.6) is 0 Å². The first-order chi connectivity index (χ1) is 8.13. The van der Waals surface area contributed by atoms with E-state index >= 15 is 0 Å². The molecule has 17 heavy (non-hydrogen) atoms. The first-order valence-corrected chi connectivity index (χ1v) is 5.40. The zero-order valence-corrected chi connectivity index (χ0v) is 9.73. The molecule has 0 fully saturated rings. The van der Waals surface area contributed by atoms with Gasteiger partial charge in [0.25, 0.3) is 0 Å². The minimum Gasteiger partial charge on any atom is -0.399 e. The number of nitrogen functional groups attached to an aromatic ring is 1. The molecule has 5 heteroatoms. The van der Waals surface area contributed by atoms with Crippen molar-refractivity contribution in [2.24, 2.45) is 7.05 Å². The molecule has 1 aromatic carbocycles. The lowest BCUT2D eigenvalue weighted by molar-refractivity contribution is 0.741. The van der Waals surface area contributed by atoms with Crippen LogP contribution in [-0.2, 0) is 7.05 Å². The minimum absolute atomic E-state index is 0.727. The van der Waals surface area contributed by atoms with Gasteiger partial charge in [0.05, 0.1) is 11.0 Å². The van der Waals surface area contributed by atoms with E-state index in [0.717, 1.165) is 33.9 Å². The van der Waals surface area contributed by atoms with Gasteiger partial charge >= 0.3 is 0 Å². The number of nitrogens with zero attached hydrogens (tertiary/aromatic N) is 3. The number of nitrogens with one attached hydrogen (secondary N) is 1. The molecular weight excluding hydrogens is 214 g/mol. The minimum atomic E-state index is 0.727. The normalized spacial score (nSPS) is 11.2. The molecule has 0 aliphatic rings. The van der Waals surface area contributed by atoms with Crippen molar-refractivity contribution in [2.75, 3.05) is 5.73 Å². The summed E-state index contributed by atoms with van der Waals surface area (Å²) in [4.78, 5) is 7.72. The molecule has 3 aromatic rings. The van der Waals surface area contributed by atoms with Crippen LogP contribution in [0.3, 0.4) is 0 Å². The van der Waals surface area contributed by atoms with Gasteiger partial charge in [-0.05, 0) is 31.2 Å². The van der Waals surface area contributed by atoms with Crippen LogP contribution in [0.15, 0.2) is 24.3 Å². The van der Waals surface area contributed by atoms with Gasteiger partial charge in [-0.15, -0.1) is 0 Å². The maximum Gasteiger partial charge on any atom is 0.159 e. The van der Waals surface area contributed by atoms with Crippen LogP contribution in [0.4, 0.5) is 5.69 Å². The second-order valence-corrected chi connectivity index (χ2v) is 4.16. The Hall–Kier alpha value is -2.30. The number of hydrogen-bond donors (Lipinski definition) is 2. The van der Waals surface area contributed by atoms with E-state index in [1.807, 2.05) is 42.9 Å². The van der Waals surface area contributed by atoms with Crippen molar-refractivity contribution in [1.29, 1.82) is 0 Å². The predicted molar refractivity (Wildman–Crippen MR) is 67.4 cm³/mol. The average molecular weight is 227 g/mol. The number of nitrogens with two attached hydrogens (primary N) is 1. The lowest BCUT2D eigenvalue weighted by atomic mass is 10.3. The molecule has 0 radical (unpaired) electrons. The van der Waals surface area contributed by atoms with Crippen LogP contribution < -0.4 is 5.73 Å². The number of fused-ring (bicyclic) bond motifs is 1. The van der Waals surface area contributed by atoms with Crippen molar-refractivity contribution in [3.05, 3.63) is 30.0 Å². The summed E-state index contributed by atoms with van der Waals surface area (Å²) in [6.07, 6.45) is 0. The number of aromatic nitrogens is 4. The van der Waals surface area contributed by atoms with Gasteiger partial charge in [0.1, 0.15) is 5.69 Å². The second kappa shape index (κ2) is 3.35. The number of anilines is 1. The fourth-order valence-electron chi connectivity index (χ4n) is 1.82. The smallest absolute Gasteiger partial charge is 0.159 e. The van der Waals surface area contributed by atoms with E-state index in [2.05, 4.69) is 15.1 Å². The summed E-state index contributed by atoms with van der Waals surface area (Å²) in [6.45, 7) is 2.01. The van der Waals surface area contributed by atoms with E-state index in [1.165, 1.54) is 0 Å². The van der Waals surface area contributed by atoms with Crippen molar-refractivity contribution < 1.29 is 0 Å². The van der Waals surface area contributed by atoms with Gasteiger partial charge in [0, 0.05) is 18.4 Å². The second-order valence-electron chi connectivity index (χ2n) is 4.16. The summed E-state index contributed by atoms with van der Waals surface area (Å²) >= 11 is 0. The molecule has 0 bridgehead atoms. The van der Waals surface area contributed by atoms with Gasteiger partial charge in [-0.3, -0.25) is 4.68 Å². The fraction of sp³-hybridized carbons (Fsp3) is 0.167. The van der Waals surface area contributed by atoms with Gasteiger partial charge in [0.15, 0.2) is 5.82 Å². The van der Waals surface area contributed by atoms with Crippen LogP contribution in [-0.4, -0.2) is 19.7 Å². The van der Waals surface area contributed by atoms with E-state index in [0.29, 0.717) is 0 Å². The van der Waals surface area contributed by atoms with Crippen molar-refractivity contribution >= 4 is 16.7 Å². The number of imidazole rings is 1. The van der Waals surface area contributed by atoms with Gasteiger partial charge in [-0.2, -0.15) is 5.10 Å². The molecule has 0 unspecified atom stereocenters. The maximum atomic E-state index is 5.73. The van der Waals surface area contributed by atoms with Gasteiger partial charge in [-0.1, -0.05) is 0 Å². The summed E-state index contributed by atoms with van der Waals surface area (Å²) in [7, 11) is 1.92.